The summed E-state index contributed by atoms with van der Waals surface area (Å²) in [4.78, 5) is 0. The molecule has 0 amide bonds. The van der Waals surface area contributed by atoms with E-state index >= 15 is 0 Å². The van der Waals surface area contributed by atoms with E-state index in [9.17, 15) is 8.42 Å². The first kappa shape index (κ1) is 13.9. The highest BCUT2D eigenvalue weighted by Gasteiger charge is 2.26. The normalized spacial score (nSPS) is 17.7. The predicted octanol–water partition coefficient (Wildman–Crippen LogP) is 1.24. The second-order valence-corrected chi connectivity index (χ2v) is 6.61. The first-order chi connectivity index (χ1) is 9.04. The van der Waals surface area contributed by atoms with Crippen LogP contribution >= 0.6 is 0 Å². The molecule has 2 rings (SSSR count). The molecule has 0 bridgehead atoms. The highest BCUT2D eigenvalue weighted by Crippen LogP contribution is 2.25. The van der Waals surface area contributed by atoms with Gasteiger partial charge in [0.15, 0.2) is 0 Å². The molecule has 1 fully saturated rings. The van der Waals surface area contributed by atoms with E-state index in [1.165, 1.54) is 4.31 Å². The van der Waals surface area contributed by atoms with Gasteiger partial charge in [-0.05, 0) is 43.5 Å². The number of hydrogen-bond acceptors (Lipinski definition) is 3. The third kappa shape index (κ3) is 3.09. The molecular weight excluding hydrogens is 260 g/mol. The maximum atomic E-state index is 12.0. The number of nitrogens with two attached hydrogens (primary N) is 1. The Bertz CT molecular complexity index is 627. The van der Waals surface area contributed by atoms with E-state index in [1.54, 1.807) is 0 Å². The summed E-state index contributed by atoms with van der Waals surface area (Å²) in [5.41, 5.74) is 7.94. The minimum absolute atomic E-state index is 0.237. The van der Waals surface area contributed by atoms with Gasteiger partial charge in [-0.2, -0.15) is 0 Å². The van der Waals surface area contributed by atoms with Crippen molar-refractivity contribution in [3.63, 3.8) is 0 Å². The van der Waals surface area contributed by atoms with Crippen LogP contribution in [0, 0.1) is 18.8 Å². The number of benzene rings is 1. The number of anilines is 1. The molecular formula is C14H18N2O2S. The zero-order valence-electron chi connectivity index (χ0n) is 11.0. The fraction of sp³-hybridized carbons (Fsp3) is 0.429. The summed E-state index contributed by atoms with van der Waals surface area (Å²) < 4.78 is 25.6. The number of rotatable bonds is 1. The lowest BCUT2D eigenvalue weighted by atomic mass is 10.1. The molecule has 1 aromatic rings. The van der Waals surface area contributed by atoms with Crippen molar-refractivity contribution in [2.24, 2.45) is 5.73 Å². The fourth-order valence-corrected chi connectivity index (χ4v) is 3.80. The summed E-state index contributed by atoms with van der Waals surface area (Å²) in [7, 11) is -3.15. The molecule has 4 nitrogen and oxygen atoms in total. The van der Waals surface area contributed by atoms with Crippen molar-refractivity contribution in [3.8, 4) is 11.8 Å². The molecule has 1 aromatic carbocycles. The molecule has 0 spiro atoms. The topological polar surface area (TPSA) is 63.4 Å². The quantitative estimate of drug-likeness (QED) is 0.786. The minimum atomic E-state index is -3.15. The zero-order chi connectivity index (χ0) is 13.9. The van der Waals surface area contributed by atoms with E-state index in [0.29, 0.717) is 13.1 Å². The number of hydrogen-bond donors (Lipinski definition) is 1. The standard InChI is InChI=1S/C14H18N2O2S/c1-12-11-14(7-6-13(12)5-4-8-15)16-9-2-3-10-19(16,17)18/h6-7,11H,2-3,8-10,15H2,1H3. The Kier molecular flexibility index (Phi) is 4.13. The number of nitrogens with zero attached hydrogens (tertiary/aromatic N) is 1. The van der Waals surface area contributed by atoms with E-state index in [-0.39, 0.29) is 5.75 Å². The monoisotopic (exact) mass is 278 g/mol. The van der Waals surface area contributed by atoms with Crippen molar-refractivity contribution >= 4 is 15.7 Å². The van der Waals surface area contributed by atoms with Gasteiger partial charge in [0.1, 0.15) is 0 Å². The van der Waals surface area contributed by atoms with Crippen molar-refractivity contribution < 1.29 is 8.42 Å². The van der Waals surface area contributed by atoms with Gasteiger partial charge in [0.05, 0.1) is 18.0 Å². The molecule has 19 heavy (non-hydrogen) atoms. The van der Waals surface area contributed by atoms with Gasteiger partial charge in [0, 0.05) is 12.1 Å². The largest absolute Gasteiger partial charge is 0.320 e. The van der Waals surface area contributed by atoms with Crippen LogP contribution in [0.4, 0.5) is 5.69 Å². The van der Waals surface area contributed by atoms with Gasteiger partial charge in [-0.3, -0.25) is 4.31 Å². The van der Waals surface area contributed by atoms with Gasteiger partial charge in [-0.25, -0.2) is 8.42 Å². The van der Waals surface area contributed by atoms with Gasteiger partial charge in [-0.15, -0.1) is 0 Å². The zero-order valence-corrected chi connectivity index (χ0v) is 11.8. The third-order valence-electron chi connectivity index (χ3n) is 3.17. The lowest BCUT2D eigenvalue weighted by Gasteiger charge is -2.28. The smallest absolute Gasteiger partial charge is 0.235 e. The molecule has 0 unspecified atom stereocenters. The summed E-state index contributed by atoms with van der Waals surface area (Å²) in [6, 6.07) is 5.55. The van der Waals surface area contributed by atoms with E-state index in [2.05, 4.69) is 11.8 Å². The van der Waals surface area contributed by atoms with Crippen molar-refractivity contribution in [1.82, 2.24) is 0 Å². The Hall–Kier alpha value is -1.51. The van der Waals surface area contributed by atoms with Crippen molar-refractivity contribution in [2.45, 2.75) is 19.8 Å². The maximum absolute atomic E-state index is 12.0. The molecule has 1 heterocycles. The van der Waals surface area contributed by atoms with Crippen molar-refractivity contribution in [1.29, 1.82) is 0 Å². The lowest BCUT2D eigenvalue weighted by molar-refractivity contribution is 0.574. The van der Waals surface area contributed by atoms with E-state index < -0.39 is 10.0 Å². The van der Waals surface area contributed by atoms with Crippen LogP contribution in [-0.2, 0) is 10.0 Å². The minimum Gasteiger partial charge on any atom is -0.320 e. The Morgan fingerprint density at radius 3 is 2.79 bits per heavy atom. The summed E-state index contributed by atoms with van der Waals surface area (Å²) in [5.74, 6) is 6.02. The van der Waals surface area contributed by atoms with Gasteiger partial charge in [0.2, 0.25) is 10.0 Å². The Morgan fingerprint density at radius 2 is 2.16 bits per heavy atom. The second-order valence-electron chi connectivity index (χ2n) is 4.60. The second kappa shape index (κ2) is 5.64. The summed E-state index contributed by atoms with van der Waals surface area (Å²) >= 11 is 0. The van der Waals surface area contributed by atoms with Crippen LogP contribution in [0.2, 0.25) is 0 Å². The SMILES string of the molecule is Cc1cc(N2CCCCS2(=O)=O)ccc1C#CCN. The molecule has 5 heteroatoms. The van der Waals surface area contributed by atoms with E-state index in [1.807, 2.05) is 25.1 Å². The molecule has 0 radical (unpaired) electrons. The molecule has 0 atom stereocenters. The molecule has 1 aliphatic rings. The highest BCUT2D eigenvalue weighted by molar-refractivity contribution is 7.92. The molecule has 0 saturated carbocycles. The first-order valence-corrected chi connectivity index (χ1v) is 7.95. The van der Waals surface area contributed by atoms with Crippen LogP contribution in [0.25, 0.3) is 0 Å². The molecule has 0 aromatic heterocycles. The van der Waals surface area contributed by atoms with Crippen LogP contribution < -0.4 is 10.0 Å². The van der Waals surface area contributed by atoms with Gasteiger partial charge >= 0.3 is 0 Å². The van der Waals surface area contributed by atoms with E-state index in [4.69, 9.17) is 5.73 Å². The molecule has 1 saturated heterocycles. The van der Waals surface area contributed by atoms with Crippen molar-refractivity contribution in [3.05, 3.63) is 29.3 Å². The van der Waals surface area contributed by atoms with E-state index in [0.717, 1.165) is 29.7 Å². The van der Waals surface area contributed by atoms with Crippen LogP contribution in [-0.4, -0.2) is 27.3 Å². The summed E-state index contributed by atoms with van der Waals surface area (Å²) in [6.45, 7) is 2.82. The lowest BCUT2D eigenvalue weighted by Crippen LogP contribution is -2.37. The van der Waals surface area contributed by atoms with Gasteiger partial charge < -0.3 is 5.73 Å². The van der Waals surface area contributed by atoms with Gasteiger partial charge in [0.25, 0.3) is 0 Å². The Labute approximate surface area is 114 Å². The Balaban J connectivity index is 2.34. The molecule has 102 valence electrons. The highest BCUT2D eigenvalue weighted by atomic mass is 32.2. The average Bonchev–Trinajstić information content (AvgIpc) is 2.37. The first-order valence-electron chi connectivity index (χ1n) is 6.34. The van der Waals surface area contributed by atoms with Crippen LogP contribution in [0.3, 0.4) is 0 Å². The van der Waals surface area contributed by atoms with Gasteiger partial charge in [-0.1, -0.05) is 11.8 Å². The number of sulfonamides is 1. The Morgan fingerprint density at radius 1 is 1.37 bits per heavy atom. The fourth-order valence-electron chi connectivity index (χ4n) is 2.17. The summed E-state index contributed by atoms with van der Waals surface area (Å²) in [5, 5.41) is 0. The van der Waals surface area contributed by atoms with Crippen LogP contribution in [0.15, 0.2) is 18.2 Å². The van der Waals surface area contributed by atoms with Crippen LogP contribution in [0.5, 0.6) is 0 Å². The maximum Gasteiger partial charge on any atom is 0.235 e. The van der Waals surface area contributed by atoms with Crippen LogP contribution in [0.1, 0.15) is 24.0 Å². The summed E-state index contributed by atoms with van der Waals surface area (Å²) in [6.07, 6.45) is 1.66. The molecule has 1 aliphatic heterocycles. The molecule has 0 aliphatic carbocycles. The van der Waals surface area contributed by atoms with Crippen molar-refractivity contribution in [2.75, 3.05) is 23.1 Å². The predicted molar refractivity (Wildman–Crippen MR) is 77.5 cm³/mol. The third-order valence-corrected chi connectivity index (χ3v) is 5.04. The number of aryl methyl sites for hydroxylation is 1. The molecule has 2 N–H and O–H groups in total. The average molecular weight is 278 g/mol.